The Morgan fingerprint density at radius 2 is 1.71 bits per heavy atom. The number of ether oxygens (including phenoxy) is 3. The van der Waals surface area contributed by atoms with Gasteiger partial charge in [-0.25, -0.2) is 4.39 Å². The van der Waals surface area contributed by atoms with E-state index in [0.717, 1.165) is 5.56 Å². The minimum atomic E-state index is -1.84. The molecule has 9 nitrogen and oxygen atoms in total. The Morgan fingerprint density at radius 1 is 1.03 bits per heavy atom. The zero-order chi connectivity index (χ0) is 22.3. The number of hydrogen-bond acceptors (Lipinski definition) is 9. The molecule has 3 fully saturated rings. The summed E-state index contributed by atoms with van der Waals surface area (Å²) >= 11 is 0. The normalized spacial score (nSPS) is 45.1. The van der Waals surface area contributed by atoms with E-state index in [9.17, 15) is 19.7 Å². The number of aliphatic hydroxyl groups excluding tert-OH is 2. The first-order chi connectivity index (χ1) is 14.8. The fourth-order valence-corrected chi connectivity index (χ4v) is 4.93. The molecule has 6 N–H and O–H groups in total. The Kier molecular flexibility index (Phi) is 6.64. The van der Waals surface area contributed by atoms with E-state index in [0.29, 0.717) is 13.0 Å². The number of nitrogens with one attached hydrogen (secondary N) is 3. The Labute approximate surface area is 180 Å². The highest BCUT2D eigenvalue weighted by molar-refractivity contribution is 5.16. The Hall–Kier alpha value is -1.21. The van der Waals surface area contributed by atoms with Crippen molar-refractivity contribution >= 4 is 0 Å². The molecule has 0 spiro atoms. The maximum Gasteiger partial charge on any atom is 0.234 e. The molecule has 0 radical (unpaired) electrons. The van der Waals surface area contributed by atoms with Crippen molar-refractivity contribution < 1.29 is 33.9 Å². The predicted molar refractivity (Wildman–Crippen MR) is 108 cm³/mol. The highest BCUT2D eigenvalue weighted by atomic mass is 19.1. The summed E-state index contributed by atoms with van der Waals surface area (Å²) in [7, 11) is 3.33. The molecule has 0 bridgehead atoms. The maximum absolute atomic E-state index is 13.2. The molecule has 4 rings (SSSR count). The van der Waals surface area contributed by atoms with Crippen LogP contribution in [0.1, 0.15) is 18.9 Å². The molecule has 1 aromatic rings. The molecule has 10 atom stereocenters. The summed E-state index contributed by atoms with van der Waals surface area (Å²) in [5.74, 6) is -2.15. The number of aliphatic hydroxyl groups is 3. The van der Waals surface area contributed by atoms with Gasteiger partial charge in [-0.2, -0.15) is 0 Å². The van der Waals surface area contributed by atoms with Crippen molar-refractivity contribution in [1.82, 2.24) is 16.0 Å². The molecule has 31 heavy (non-hydrogen) atoms. The van der Waals surface area contributed by atoms with E-state index in [1.807, 2.05) is 6.92 Å². The molecular formula is C21H32FN3O6. The van der Waals surface area contributed by atoms with Crippen LogP contribution in [-0.4, -0.2) is 90.1 Å². The minimum absolute atomic E-state index is 0.234. The van der Waals surface area contributed by atoms with Gasteiger partial charge in [0.15, 0.2) is 0 Å². The number of benzene rings is 1. The third kappa shape index (κ3) is 4.12. The first kappa shape index (κ1) is 23.0. The molecule has 2 saturated heterocycles. The molecule has 1 aliphatic carbocycles. The summed E-state index contributed by atoms with van der Waals surface area (Å²) in [4.78, 5) is 0. The van der Waals surface area contributed by atoms with Crippen LogP contribution in [-0.2, 0) is 20.8 Å². The summed E-state index contributed by atoms with van der Waals surface area (Å²) in [5, 5.41) is 42.3. The number of likely N-dealkylation sites (N-methyl/N-ethyl adjacent to an activating group) is 2. The zero-order valence-electron chi connectivity index (χ0n) is 17.9. The number of rotatable bonds is 5. The standard InChI is InChI=1S/C21H32FN3O6/c1-10-8-13(25-9-11-4-6-12(22)7-5-11)21(28)20(29-10)30-19-17(27)14(23-2)16(26)15(24-3)18(19)31-21/h4-7,10,13-20,23-28H,8-9H2,1-3H3/t10-,13-,14-,15?,16+,17+,18?,19?,20?,21+/m1/s1. The van der Waals surface area contributed by atoms with E-state index >= 15 is 0 Å². The van der Waals surface area contributed by atoms with Gasteiger partial charge in [0, 0.05) is 6.54 Å². The van der Waals surface area contributed by atoms with Gasteiger partial charge in [0.25, 0.3) is 0 Å². The van der Waals surface area contributed by atoms with Crippen LogP contribution in [0.4, 0.5) is 4.39 Å². The zero-order valence-corrected chi connectivity index (χ0v) is 17.9. The van der Waals surface area contributed by atoms with Gasteiger partial charge in [-0.3, -0.25) is 0 Å². The van der Waals surface area contributed by atoms with E-state index in [4.69, 9.17) is 14.2 Å². The van der Waals surface area contributed by atoms with Crippen molar-refractivity contribution in [2.24, 2.45) is 0 Å². The van der Waals surface area contributed by atoms with Crippen LogP contribution in [0, 0.1) is 5.82 Å². The molecule has 174 valence electrons. The van der Waals surface area contributed by atoms with Gasteiger partial charge in [0.1, 0.15) is 24.1 Å². The van der Waals surface area contributed by atoms with Crippen LogP contribution in [0.25, 0.3) is 0 Å². The molecule has 3 aliphatic rings. The van der Waals surface area contributed by atoms with E-state index < -0.39 is 54.6 Å². The lowest BCUT2D eigenvalue weighted by molar-refractivity contribution is -0.449. The van der Waals surface area contributed by atoms with E-state index in [1.165, 1.54) is 12.1 Å². The van der Waals surface area contributed by atoms with Gasteiger partial charge in [-0.1, -0.05) is 12.1 Å². The number of hydrogen-bond donors (Lipinski definition) is 6. The Balaban J connectivity index is 1.56. The van der Waals surface area contributed by atoms with Crippen LogP contribution in [0.2, 0.25) is 0 Å². The van der Waals surface area contributed by atoms with Crippen LogP contribution in [0.3, 0.4) is 0 Å². The first-order valence-electron chi connectivity index (χ1n) is 10.7. The van der Waals surface area contributed by atoms with Crippen LogP contribution in [0.5, 0.6) is 0 Å². The molecule has 0 amide bonds. The highest BCUT2D eigenvalue weighted by Crippen LogP contribution is 2.42. The van der Waals surface area contributed by atoms with E-state index in [2.05, 4.69) is 16.0 Å². The van der Waals surface area contributed by atoms with Gasteiger partial charge in [0.2, 0.25) is 12.1 Å². The second kappa shape index (κ2) is 8.97. The van der Waals surface area contributed by atoms with Crippen molar-refractivity contribution in [1.29, 1.82) is 0 Å². The van der Waals surface area contributed by atoms with Crippen molar-refractivity contribution in [3.63, 3.8) is 0 Å². The molecule has 4 unspecified atom stereocenters. The summed E-state index contributed by atoms with van der Waals surface area (Å²) in [6.45, 7) is 2.25. The molecule has 0 aromatic heterocycles. The summed E-state index contributed by atoms with van der Waals surface area (Å²) in [6.07, 6.45) is -4.57. The van der Waals surface area contributed by atoms with Crippen molar-refractivity contribution in [3.8, 4) is 0 Å². The third-order valence-corrected chi connectivity index (χ3v) is 6.62. The Morgan fingerprint density at radius 3 is 2.35 bits per heavy atom. The topological polar surface area (TPSA) is 124 Å². The Bertz CT molecular complexity index is 757. The molecule has 1 saturated carbocycles. The first-order valence-corrected chi connectivity index (χ1v) is 10.7. The molecule has 2 heterocycles. The molecular weight excluding hydrogens is 409 g/mol. The number of halogens is 1. The van der Waals surface area contributed by atoms with E-state index in [1.54, 1.807) is 26.2 Å². The summed E-state index contributed by atoms with van der Waals surface area (Å²) in [5.41, 5.74) is 0.851. The SMILES string of the molecule is CNC1C2O[C@]3(O)C(OC2[C@@H](O)[C@H](NC)[C@@H]1O)O[C@H](C)C[C@H]3NCc1ccc(F)cc1. The van der Waals surface area contributed by atoms with E-state index in [-0.39, 0.29) is 11.9 Å². The second-order valence-corrected chi connectivity index (χ2v) is 8.62. The van der Waals surface area contributed by atoms with Crippen molar-refractivity contribution in [3.05, 3.63) is 35.6 Å². The lowest BCUT2D eigenvalue weighted by Gasteiger charge is -2.58. The largest absolute Gasteiger partial charge is 0.390 e. The lowest BCUT2D eigenvalue weighted by Crippen LogP contribution is -2.79. The van der Waals surface area contributed by atoms with Crippen LogP contribution < -0.4 is 16.0 Å². The molecule has 1 aromatic carbocycles. The fraction of sp³-hybridized carbons (Fsp3) is 0.714. The average molecular weight is 442 g/mol. The summed E-state index contributed by atoms with van der Waals surface area (Å²) in [6, 6.07) is 4.32. The van der Waals surface area contributed by atoms with Crippen molar-refractivity contribution in [2.75, 3.05) is 14.1 Å². The van der Waals surface area contributed by atoms with Gasteiger partial charge in [0.05, 0.1) is 30.3 Å². The third-order valence-electron chi connectivity index (χ3n) is 6.62. The molecule has 10 heteroatoms. The van der Waals surface area contributed by atoms with Gasteiger partial charge >= 0.3 is 0 Å². The van der Waals surface area contributed by atoms with Crippen LogP contribution in [0.15, 0.2) is 24.3 Å². The van der Waals surface area contributed by atoms with Gasteiger partial charge in [-0.15, -0.1) is 0 Å². The predicted octanol–water partition coefficient (Wildman–Crippen LogP) is -1.20. The van der Waals surface area contributed by atoms with Crippen LogP contribution >= 0.6 is 0 Å². The second-order valence-electron chi connectivity index (χ2n) is 8.62. The fourth-order valence-electron chi connectivity index (χ4n) is 4.93. The smallest absolute Gasteiger partial charge is 0.234 e. The van der Waals surface area contributed by atoms with Gasteiger partial charge < -0.3 is 45.5 Å². The monoisotopic (exact) mass is 441 g/mol. The highest BCUT2D eigenvalue weighted by Gasteiger charge is 2.63. The summed E-state index contributed by atoms with van der Waals surface area (Å²) < 4.78 is 31.3. The minimum Gasteiger partial charge on any atom is -0.390 e. The van der Waals surface area contributed by atoms with Crippen molar-refractivity contribution in [2.45, 2.75) is 80.6 Å². The lowest BCUT2D eigenvalue weighted by atomic mass is 9.79. The maximum atomic E-state index is 13.2. The number of fused-ring (bicyclic) bond motifs is 2. The average Bonchev–Trinajstić information content (AvgIpc) is 2.73. The van der Waals surface area contributed by atoms with Gasteiger partial charge in [-0.05, 0) is 45.1 Å². The molecule has 2 aliphatic heterocycles. The quantitative estimate of drug-likeness (QED) is 0.334.